The standard InChI is InChI=1S/C49H54N8O8Si/c1-64-48(62)54-38(24-30-8-5-10-36(58)22-30)46(60)56-21-7-12-42(56)44-50-26-40(52-44)34-17-13-32(14-18-34)33-15-19-35(20-16-33)41-27-51-45(53-41)43-28-66(3,4)29-57(43)47(61)39(55-49(63)65-2)25-31-9-6-11-37(59)23-31/h5-6,8-11,13-20,22-23,26-27,38-39,42-43,58-59H,7,12,21,24-25,28-29H2,1-4H3,(H,50,52)(H,51,53)(H,54,62)(H,55,63)/t38-,39-,42-,43-/m0/s1. The number of ether oxygens (including phenoxy) is 2. The number of phenols is 2. The number of nitrogens with zero attached hydrogens (tertiary/aromatic N) is 4. The SMILES string of the molecule is COC(=O)N[C@@H](Cc1cccc(O)c1)C(=O)N1CCC[C@H]1c1ncc(-c2ccc(-c3ccc(-c4cnc([C@@H]5C[Si](C)(C)CN5C(=O)[C@H](Cc5cccc(O)c5)NC(=O)OC)[nH]4)cc3)cc2)[nH]1. The molecule has 4 aromatic carbocycles. The van der Waals surface area contributed by atoms with Gasteiger partial charge < -0.3 is 50.1 Å². The summed E-state index contributed by atoms with van der Waals surface area (Å²) in [5.41, 5.74) is 6.95. The Morgan fingerprint density at radius 3 is 1.61 bits per heavy atom. The molecular formula is C49H54N8O8Si. The lowest BCUT2D eigenvalue weighted by atomic mass is 10.0. The second-order valence-corrected chi connectivity index (χ2v) is 22.7. The number of nitrogens with one attached hydrogen (secondary N) is 4. The molecule has 16 nitrogen and oxygen atoms in total. The molecule has 2 aliphatic heterocycles. The second kappa shape index (κ2) is 19.4. The molecule has 0 unspecified atom stereocenters. The first-order valence-electron chi connectivity index (χ1n) is 21.9. The van der Waals surface area contributed by atoms with Gasteiger partial charge in [-0.05, 0) is 76.5 Å². The predicted octanol–water partition coefficient (Wildman–Crippen LogP) is 7.27. The van der Waals surface area contributed by atoms with Crippen molar-refractivity contribution in [2.75, 3.05) is 26.9 Å². The average Bonchev–Trinajstić information content (AvgIpc) is 4.15. The number of imidazole rings is 2. The maximum absolute atomic E-state index is 14.2. The largest absolute Gasteiger partial charge is 0.508 e. The van der Waals surface area contributed by atoms with Gasteiger partial charge in [-0.3, -0.25) is 9.59 Å². The van der Waals surface area contributed by atoms with Crippen LogP contribution in [-0.2, 0) is 31.9 Å². The van der Waals surface area contributed by atoms with Gasteiger partial charge >= 0.3 is 12.2 Å². The minimum atomic E-state index is -1.86. The summed E-state index contributed by atoms with van der Waals surface area (Å²) < 4.78 is 9.69. The lowest BCUT2D eigenvalue weighted by Crippen LogP contribution is -2.50. The molecule has 4 amide bonds. The number of likely N-dealkylation sites (tertiary alicyclic amines) is 1. The van der Waals surface area contributed by atoms with Gasteiger partial charge in [0.25, 0.3) is 0 Å². The van der Waals surface area contributed by atoms with Crippen LogP contribution in [0.4, 0.5) is 9.59 Å². The summed E-state index contributed by atoms with van der Waals surface area (Å²) in [4.78, 5) is 72.9. The smallest absolute Gasteiger partial charge is 0.407 e. The molecule has 2 aromatic heterocycles. The first-order valence-corrected chi connectivity index (χ1v) is 25.4. The van der Waals surface area contributed by atoms with Gasteiger partial charge in [0.15, 0.2) is 0 Å². The molecule has 0 saturated carbocycles. The van der Waals surface area contributed by atoms with Crippen molar-refractivity contribution < 1.29 is 38.9 Å². The number of alkyl carbamates (subject to hydrolysis) is 2. The van der Waals surface area contributed by atoms with E-state index in [4.69, 9.17) is 19.4 Å². The Bertz CT molecular complexity index is 2700. The third kappa shape index (κ3) is 10.3. The molecule has 2 aliphatic rings. The lowest BCUT2D eigenvalue weighted by Gasteiger charge is -2.29. The van der Waals surface area contributed by atoms with E-state index in [1.54, 1.807) is 65.8 Å². The minimum absolute atomic E-state index is 0.0760. The van der Waals surface area contributed by atoms with E-state index in [0.717, 1.165) is 46.1 Å². The van der Waals surface area contributed by atoms with Gasteiger partial charge in [0, 0.05) is 25.6 Å². The Hall–Kier alpha value is -7.40. The zero-order valence-electron chi connectivity index (χ0n) is 37.3. The Kier molecular flexibility index (Phi) is 13.3. The number of carbonyl (C=O) groups excluding carboxylic acids is 4. The summed E-state index contributed by atoms with van der Waals surface area (Å²) in [6.45, 7) is 5.00. The monoisotopic (exact) mass is 910 g/mol. The Morgan fingerprint density at radius 1 is 0.682 bits per heavy atom. The second-order valence-electron chi connectivity index (χ2n) is 17.7. The summed E-state index contributed by atoms with van der Waals surface area (Å²) in [6, 6.07) is 28.0. The fourth-order valence-corrected chi connectivity index (χ4v) is 12.0. The highest BCUT2D eigenvalue weighted by atomic mass is 28.3. The van der Waals surface area contributed by atoms with Gasteiger partial charge in [-0.2, -0.15) is 0 Å². The Morgan fingerprint density at radius 2 is 1.14 bits per heavy atom. The fraction of sp³-hybridized carbons (Fsp3) is 0.306. The van der Waals surface area contributed by atoms with Crippen LogP contribution in [0, 0.1) is 0 Å². The number of rotatable bonds is 13. The van der Waals surface area contributed by atoms with E-state index in [1.165, 1.54) is 14.2 Å². The number of hydrogen-bond acceptors (Lipinski definition) is 10. The molecule has 0 aliphatic carbocycles. The number of benzene rings is 4. The number of aromatic hydroxyl groups is 2. The molecule has 2 fully saturated rings. The summed E-state index contributed by atoms with van der Waals surface area (Å²) in [5, 5.41) is 25.4. The van der Waals surface area contributed by atoms with Gasteiger partial charge in [0.2, 0.25) is 11.8 Å². The minimum Gasteiger partial charge on any atom is -0.508 e. The topological polar surface area (TPSA) is 215 Å². The fourth-order valence-electron chi connectivity index (χ4n) is 9.09. The van der Waals surface area contributed by atoms with Crippen molar-refractivity contribution in [1.82, 2.24) is 40.4 Å². The number of methoxy groups -OCH3 is 2. The highest BCUT2D eigenvalue weighted by molar-refractivity contribution is 6.78. The number of H-pyrrole nitrogens is 2. The molecule has 8 rings (SSSR count). The molecular weight excluding hydrogens is 857 g/mol. The van der Waals surface area contributed by atoms with Crippen LogP contribution < -0.4 is 10.6 Å². The summed E-state index contributed by atoms with van der Waals surface area (Å²) in [7, 11) is 0.651. The normalized spacial score (nSPS) is 17.5. The molecule has 0 spiro atoms. The Labute approximate surface area is 383 Å². The first kappa shape index (κ1) is 45.2. The molecule has 6 N–H and O–H groups in total. The van der Waals surface area contributed by atoms with Gasteiger partial charge in [-0.1, -0.05) is 85.9 Å². The van der Waals surface area contributed by atoms with Gasteiger partial charge in [0.1, 0.15) is 35.2 Å². The first-order chi connectivity index (χ1) is 31.8. The molecule has 66 heavy (non-hydrogen) atoms. The van der Waals surface area contributed by atoms with E-state index in [2.05, 4.69) is 58.0 Å². The van der Waals surface area contributed by atoms with Crippen molar-refractivity contribution in [3.8, 4) is 45.1 Å². The summed E-state index contributed by atoms with van der Waals surface area (Å²) >= 11 is 0. The zero-order chi connectivity index (χ0) is 46.5. The van der Waals surface area contributed by atoms with Crippen molar-refractivity contribution in [2.45, 2.75) is 69.0 Å². The van der Waals surface area contributed by atoms with E-state index in [9.17, 15) is 29.4 Å². The van der Waals surface area contributed by atoms with Crippen molar-refractivity contribution in [3.63, 3.8) is 0 Å². The molecule has 4 heterocycles. The van der Waals surface area contributed by atoms with Crippen LogP contribution in [0.25, 0.3) is 33.6 Å². The van der Waals surface area contributed by atoms with Crippen LogP contribution in [0.15, 0.2) is 109 Å². The molecule has 17 heteroatoms. The molecule has 4 atom stereocenters. The van der Waals surface area contributed by atoms with Crippen LogP contribution in [0.1, 0.15) is 47.7 Å². The van der Waals surface area contributed by atoms with Crippen LogP contribution in [0.2, 0.25) is 19.1 Å². The van der Waals surface area contributed by atoms with E-state index < -0.39 is 32.3 Å². The predicted molar refractivity (Wildman–Crippen MR) is 250 cm³/mol. The maximum Gasteiger partial charge on any atom is 0.407 e. The molecule has 342 valence electrons. The van der Waals surface area contributed by atoms with Crippen LogP contribution >= 0.6 is 0 Å². The highest BCUT2D eigenvalue weighted by Gasteiger charge is 2.45. The number of aromatic amines is 2. The third-order valence-corrected chi connectivity index (χ3v) is 15.0. The number of phenolic OH excluding ortho intramolecular Hbond substituents is 2. The number of hydrogen-bond donors (Lipinski definition) is 6. The summed E-state index contributed by atoms with van der Waals surface area (Å²) in [6.07, 6.45) is 4.60. The van der Waals surface area contributed by atoms with Crippen LogP contribution in [0.5, 0.6) is 11.5 Å². The maximum atomic E-state index is 14.2. The van der Waals surface area contributed by atoms with E-state index in [-0.39, 0.29) is 48.2 Å². The number of aromatic nitrogens is 4. The van der Waals surface area contributed by atoms with Gasteiger partial charge in [0.05, 0.1) is 58.2 Å². The van der Waals surface area contributed by atoms with Gasteiger partial charge in [-0.15, -0.1) is 0 Å². The number of amides is 4. The average molecular weight is 911 g/mol. The van der Waals surface area contributed by atoms with E-state index in [0.29, 0.717) is 41.9 Å². The van der Waals surface area contributed by atoms with Crippen LogP contribution in [0.3, 0.4) is 0 Å². The third-order valence-electron chi connectivity index (χ3n) is 12.3. The summed E-state index contributed by atoms with van der Waals surface area (Å²) in [5.74, 6) is 1.01. The van der Waals surface area contributed by atoms with E-state index in [1.807, 2.05) is 29.2 Å². The van der Waals surface area contributed by atoms with Crippen molar-refractivity contribution in [3.05, 3.63) is 132 Å². The highest BCUT2D eigenvalue weighted by Crippen LogP contribution is 2.39. The van der Waals surface area contributed by atoms with Gasteiger partial charge in [-0.25, -0.2) is 19.6 Å². The molecule has 2 saturated heterocycles. The quantitative estimate of drug-likeness (QED) is 0.0637. The van der Waals surface area contributed by atoms with Crippen LogP contribution in [-0.4, -0.2) is 111 Å². The molecule has 0 radical (unpaired) electrons. The van der Waals surface area contributed by atoms with Crippen molar-refractivity contribution in [2.24, 2.45) is 0 Å². The Balaban J connectivity index is 0.933. The van der Waals surface area contributed by atoms with E-state index >= 15 is 0 Å². The number of carbonyl (C=O) groups is 4. The lowest BCUT2D eigenvalue weighted by molar-refractivity contribution is -0.135. The molecule has 0 bridgehead atoms. The molecule has 6 aromatic rings. The van der Waals surface area contributed by atoms with Crippen molar-refractivity contribution >= 4 is 32.1 Å². The zero-order valence-corrected chi connectivity index (χ0v) is 38.3. The van der Waals surface area contributed by atoms with Crippen molar-refractivity contribution in [1.29, 1.82) is 0 Å².